The zero-order valence-corrected chi connectivity index (χ0v) is 26.1. The van der Waals surface area contributed by atoms with E-state index in [1.807, 2.05) is 0 Å². The van der Waals surface area contributed by atoms with Gasteiger partial charge in [0.1, 0.15) is 0 Å². The Morgan fingerprint density at radius 2 is 0.727 bits per heavy atom. The fourth-order valence-corrected chi connectivity index (χ4v) is 8.24. The second-order valence-electron chi connectivity index (χ2n) is 9.94. The Morgan fingerprint density at radius 3 is 1.00 bits per heavy atom. The zero-order valence-electron chi connectivity index (χ0n) is 23.2. The van der Waals surface area contributed by atoms with Crippen molar-refractivity contribution in [3.63, 3.8) is 0 Å². The van der Waals surface area contributed by atoms with E-state index in [4.69, 9.17) is 0 Å². The van der Waals surface area contributed by atoms with Crippen LogP contribution >= 0.6 is 0 Å². The van der Waals surface area contributed by atoms with Gasteiger partial charge >= 0.3 is 69.5 Å². The van der Waals surface area contributed by atoms with Crippen LogP contribution in [-0.4, -0.2) is 27.1 Å². The molecule has 0 aromatic rings. The molecule has 0 N–H and O–H groups in total. The van der Waals surface area contributed by atoms with Crippen molar-refractivity contribution in [1.29, 1.82) is 0 Å². The van der Waals surface area contributed by atoms with Gasteiger partial charge in [-0.05, 0) is 12.8 Å². The van der Waals surface area contributed by atoms with Gasteiger partial charge < -0.3 is 9.90 Å². The van der Waals surface area contributed by atoms with Gasteiger partial charge in [0.25, 0.3) is 0 Å². The maximum absolute atomic E-state index is 10.3. The van der Waals surface area contributed by atoms with Crippen LogP contribution in [0.5, 0.6) is 0 Å². The molecule has 0 unspecified atom stereocenters. The van der Waals surface area contributed by atoms with E-state index in [1.54, 1.807) is 8.87 Å². The molecule has 0 aliphatic heterocycles. The van der Waals surface area contributed by atoms with Gasteiger partial charge in [0.15, 0.2) is 0 Å². The van der Waals surface area contributed by atoms with Crippen LogP contribution < -0.4 is 5.11 Å². The molecule has 0 atom stereocenters. The Labute approximate surface area is 220 Å². The first-order chi connectivity index (χ1) is 16.2. The van der Waals surface area contributed by atoms with E-state index in [0.29, 0.717) is 0 Å². The third-order valence-electron chi connectivity index (χ3n) is 6.40. The van der Waals surface area contributed by atoms with Gasteiger partial charge in [-0.15, -0.1) is 0 Å². The fraction of sp³-hybridized carbons (Fsp3) is 0.967. The van der Waals surface area contributed by atoms with Crippen molar-refractivity contribution in [3.05, 3.63) is 0 Å². The van der Waals surface area contributed by atoms with Crippen LogP contribution in [0.1, 0.15) is 175 Å². The minimum absolute atomic E-state index is 0.149. The SMILES string of the molecule is CCCCCCCCCCCCCCCCCCCCCC(=O)[O-].CCC[CH2][Sn+][CH2]CCC. The van der Waals surface area contributed by atoms with E-state index in [1.165, 1.54) is 135 Å². The van der Waals surface area contributed by atoms with E-state index in [-0.39, 0.29) is 27.6 Å². The number of rotatable bonds is 26. The topological polar surface area (TPSA) is 40.1 Å². The van der Waals surface area contributed by atoms with Crippen molar-refractivity contribution >= 4 is 27.1 Å². The Bertz CT molecular complexity index is 340. The molecular formula is C30H61O2Sn. The number of carbonyl (C=O) groups is 1. The number of carboxylic acid groups (broad SMARTS) is 1. The van der Waals surface area contributed by atoms with Crippen molar-refractivity contribution in [2.45, 2.75) is 184 Å². The van der Waals surface area contributed by atoms with Crippen LogP contribution in [0, 0.1) is 0 Å². The summed E-state index contributed by atoms with van der Waals surface area (Å²) in [6.07, 6.45) is 31.6. The molecule has 0 rings (SSSR count). The number of hydrogen-bond acceptors (Lipinski definition) is 2. The van der Waals surface area contributed by atoms with Crippen molar-refractivity contribution in [1.82, 2.24) is 0 Å². The molecule has 0 fully saturated rings. The molecule has 0 aliphatic rings. The van der Waals surface area contributed by atoms with Crippen LogP contribution in [0.2, 0.25) is 8.87 Å². The molecule has 0 saturated carbocycles. The molecule has 2 nitrogen and oxygen atoms in total. The second kappa shape index (κ2) is 34.4. The average molecular weight is 573 g/mol. The zero-order chi connectivity index (χ0) is 24.7. The van der Waals surface area contributed by atoms with Gasteiger partial charge in [-0.2, -0.15) is 0 Å². The summed E-state index contributed by atoms with van der Waals surface area (Å²) in [4.78, 5) is 10.3. The average Bonchev–Trinajstić information content (AvgIpc) is 2.81. The number of unbranched alkanes of at least 4 members (excludes halogenated alkanes) is 20. The summed E-state index contributed by atoms with van der Waals surface area (Å²) >= 11 is 0.149. The molecule has 33 heavy (non-hydrogen) atoms. The summed E-state index contributed by atoms with van der Waals surface area (Å²) in [6, 6.07) is 0. The molecule has 0 heterocycles. The van der Waals surface area contributed by atoms with Crippen LogP contribution in [-0.2, 0) is 4.79 Å². The predicted octanol–water partition coefficient (Wildman–Crippen LogP) is 9.69. The van der Waals surface area contributed by atoms with Gasteiger partial charge in [-0.25, -0.2) is 0 Å². The maximum atomic E-state index is 10.3. The van der Waals surface area contributed by atoms with E-state index < -0.39 is 5.97 Å². The van der Waals surface area contributed by atoms with Crippen molar-refractivity contribution in [2.24, 2.45) is 0 Å². The normalized spacial score (nSPS) is 10.6. The molecule has 0 spiro atoms. The van der Waals surface area contributed by atoms with Gasteiger partial charge in [-0.3, -0.25) is 0 Å². The Balaban J connectivity index is 0. The molecular weight excluding hydrogens is 511 g/mol. The van der Waals surface area contributed by atoms with Crippen molar-refractivity contribution < 1.29 is 9.90 Å². The Hall–Kier alpha value is 0.269. The van der Waals surface area contributed by atoms with Gasteiger partial charge in [0.2, 0.25) is 0 Å². The number of carboxylic acids is 1. The van der Waals surface area contributed by atoms with Gasteiger partial charge in [0.05, 0.1) is 0 Å². The van der Waals surface area contributed by atoms with E-state index in [0.717, 1.165) is 12.8 Å². The Kier molecular flexibility index (Phi) is 37.0. The fourth-order valence-electron chi connectivity index (χ4n) is 4.08. The monoisotopic (exact) mass is 573 g/mol. The van der Waals surface area contributed by atoms with Crippen LogP contribution in [0.4, 0.5) is 0 Å². The first-order valence-corrected chi connectivity index (χ1v) is 19.1. The molecule has 0 aromatic heterocycles. The standard InChI is InChI=1S/C22H44O2.2C4H9.Sn/c1-2-3-4-5-6-7-8-9-10-11-12-13-14-15-16-17-18-19-20-21-22(23)24;2*1-3-4-2;/h2-21H2,1H3,(H,23,24);2*1,3-4H2,2H3;/q;;;+1/p-1. The summed E-state index contributed by atoms with van der Waals surface area (Å²) in [7, 11) is 0. The Morgan fingerprint density at radius 1 is 0.455 bits per heavy atom. The van der Waals surface area contributed by atoms with Crippen LogP contribution in [0.3, 0.4) is 0 Å². The second-order valence-corrected chi connectivity index (χ2v) is 14.2. The molecule has 0 aromatic carbocycles. The third-order valence-corrected chi connectivity index (χ3v) is 10.4. The third kappa shape index (κ3) is 39.8. The van der Waals surface area contributed by atoms with Gasteiger partial charge in [0, 0.05) is 5.97 Å². The summed E-state index contributed by atoms with van der Waals surface area (Å²) in [5, 5.41) is 10.3. The summed E-state index contributed by atoms with van der Waals surface area (Å²) < 4.78 is 3.25. The van der Waals surface area contributed by atoms with Crippen molar-refractivity contribution in [2.75, 3.05) is 0 Å². The molecule has 197 valence electrons. The number of hydrogen-bond donors (Lipinski definition) is 0. The number of aliphatic carboxylic acids is 1. The van der Waals surface area contributed by atoms with Crippen LogP contribution in [0.15, 0.2) is 0 Å². The number of carbonyl (C=O) groups excluding carboxylic acids is 1. The molecule has 0 saturated heterocycles. The first kappa shape index (κ1) is 35.4. The molecule has 0 aliphatic carbocycles. The van der Waals surface area contributed by atoms with Crippen LogP contribution in [0.25, 0.3) is 0 Å². The van der Waals surface area contributed by atoms with Crippen molar-refractivity contribution in [3.8, 4) is 0 Å². The predicted molar refractivity (Wildman–Crippen MR) is 148 cm³/mol. The molecule has 1 radical (unpaired) electrons. The molecule has 0 amide bonds. The molecule has 3 heteroatoms. The summed E-state index contributed by atoms with van der Waals surface area (Å²) in [5.74, 6) is -0.901. The van der Waals surface area contributed by atoms with E-state index >= 15 is 0 Å². The minimum atomic E-state index is -0.901. The van der Waals surface area contributed by atoms with E-state index in [2.05, 4.69) is 20.8 Å². The summed E-state index contributed by atoms with van der Waals surface area (Å²) in [6.45, 7) is 6.86. The van der Waals surface area contributed by atoms with Gasteiger partial charge in [-0.1, -0.05) is 122 Å². The molecule has 0 bridgehead atoms. The quantitative estimate of drug-likeness (QED) is 0.0765. The van der Waals surface area contributed by atoms with E-state index in [9.17, 15) is 9.90 Å². The first-order valence-electron chi connectivity index (χ1n) is 15.1. The summed E-state index contributed by atoms with van der Waals surface area (Å²) in [5.41, 5.74) is 0.